The van der Waals surface area contributed by atoms with Gasteiger partial charge >= 0.3 is 6.03 Å². The van der Waals surface area contributed by atoms with Crippen molar-refractivity contribution < 1.29 is 9.59 Å². The number of nitrogens with two attached hydrogens (primary N) is 1. The Morgan fingerprint density at radius 2 is 0.750 bits per heavy atom. The van der Waals surface area contributed by atoms with Crippen LogP contribution in [0.3, 0.4) is 0 Å². The topological polar surface area (TPSA) is 72.2 Å². The van der Waals surface area contributed by atoms with E-state index in [1.54, 1.807) is 0 Å². The van der Waals surface area contributed by atoms with Gasteiger partial charge in [-0.15, -0.1) is 0 Å². The second kappa shape index (κ2) is 29.0. The van der Waals surface area contributed by atoms with Crippen LogP contribution in [-0.2, 0) is 4.79 Å². The Labute approximate surface area is 234 Å². The van der Waals surface area contributed by atoms with E-state index >= 15 is 0 Å². The van der Waals surface area contributed by atoms with E-state index in [2.05, 4.69) is 29.8 Å². The first kappa shape index (κ1) is 37.6. The summed E-state index contributed by atoms with van der Waals surface area (Å²) in [6, 6.07) is -0.814. The lowest BCUT2D eigenvalue weighted by atomic mass is 10.0. The van der Waals surface area contributed by atoms with Crippen molar-refractivity contribution in [3.8, 4) is 0 Å². The summed E-state index contributed by atoms with van der Waals surface area (Å²) in [5, 5.41) is 2.04. The highest BCUT2D eigenvalue weighted by molar-refractivity contribution is 9.10. The van der Waals surface area contributed by atoms with Gasteiger partial charge < -0.3 is 5.73 Å². The van der Waals surface area contributed by atoms with Crippen molar-refractivity contribution in [2.45, 2.75) is 186 Å². The first-order valence-electron chi connectivity index (χ1n) is 15.7. The normalized spacial score (nSPS) is 11.1. The van der Waals surface area contributed by atoms with E-state index in [9.17, 15) is 9.59 Å². The van der Waals surface area contributed by atoms with Crippen LogP contribution in [0.2, 0.25) is 0 Å². The van der Waals surface area contributed by atoms with Crippen molar-refractivity contribution >= 4 is 27.9 Å². The van der Waals surface area contributed by atoms with E-state index in [0.29, 0.717) is 12.8 Å². The minimum Gasteiger partial charge on any atom is -0.351 e. The maximum absolute atomic E-state index is 11.3. The Bertz CT molecular complexity index is 459. The van der Waals surface area contributed by atoms with Gasteiger partial charge in [-0.25, -0.2) is 4.79 Å². The first-order valence-corrected chi connectivity index (χ1v) is 16.5. The van der Waals surface area contributed by atoms with Crippen molar-refractivity contribution in [2.75, 3.05) is 0 Å². The van der Waals surface area contributed by atoms with Crippen LogP contribution in [0.15, 0.2) is 0 Å². The van der Waals surface area contributed by atoms with Gasteiger partial charge in [0, 0.05) is 0 Å². The van der Waals surface area contributed by atoms with Gasteiger partial charge in [0.1, 0.15) is 4.32 Å². The fourth-order valence-electron chi connectivity index (χ4n) is 4.48. The number of urea groups is 1. The molecule has 0 radical (unpaired) electrons. The van der Waals surface area contributed by atoms with Crippen molar-refractivity contribution in [2.24, 2.45) is 5.73 Å². The Hall–Kier alpha value is -0.580. The van der Waals surface area contributed by atoms with E-state index in [1.807, 2.05) is 19.2 Å². The van der Waals surface area contributed by atoms with Gasteiger partial charge in [0.05, 0.1) is 0 Å². The number of rotatable bonds is 24. The molecule has 3 amide bonds. The molecule has 216 valence electrons. The van der Waals surface area contributed by atoms with E-state index in [1.165, 1.54) is 141 Å². The minimum absolute atomic E-state index is 0.375. The van der Waals surface area contributed by atoms with Crippen LogP contribution in [0.25, 0.3) is 0 Å². The van der Waals surface area contributed by atoms with Gasteiger partial charge in [-0.1, -0.05) is 185 Å². The number of halogens is 1. The molecule has 0 fully saturated rings. The molecule has 5 heteroatoms. The molecule has 0 bridgehead atoms. The third-order valence-corrected chi connectivity index (χ3v) is 8.70. The summed E-state index contributed by atoms with van der Waals surface area (Å²) < 4.78 is -0.665. The molecule has 0 rings (SSSR count). The molecule has 0 aromatic rings. The molecule has 0 heterocycles. The van der Waals surface area contributed by atoms with Crippen molar-refractivity contribution in [3.05, 3.63) is 0 Å². The number of imide groups is 1. The second-order valence-corrected chi connectivity index (χ2v) is 12.1. The molecular formula is C31H63BrN2O2. The third-order valence-electron chi connectivity index (χ3n) is 7.22. The average Bonchev–Trinajstić information content (AvgIpc) is 2.87. The Morgan fingerprint density at radius 1 is 0.528 bits per heavy atom. The summed E-state index contributed by atoms with van der Waals surface area (Å²) >= 11 is 3.26. The Kier molecular flexibility index (Phi) is 30.2. The van der Waals surface area contributed by atoms with E-state index in [-0.39, 0.29) is 5.91 Å². The zero-order chi connectivity index (χ0) is 27.3. The van der Waals surface area contributed by atoms with Gasteiger partial charge in [0.15, 0.2) is 0 Å². The molecule has 3 N–H and O–H groups in total. The zero-order valence-corrected chi connectivity index (χ0v) is 26.3. The number of hydrogen-bond donors (Lipinski definition) is 2. The number of nitrogens with one attached hydrogen (secondary N) is 1. The minimum atomic E-state index is -0.814. The molecule has 0 aliphatic carbocycles. The van der Waals surface area contributed by atoms with Crippen LogP contribution in [0.4, 0.5) is 4.79 Å². The van der Waals surface area contributed by atoms with Gasteiger partial charge in [-0.05, 0) is 12.8 Å². The van der Waals surface area contributed by atoms with Crippen molar-refractivity contribution in [1.29, 1.82) is 0 Å². The highest BCUT2D eigenvalue weighted by atomic mass is 79.9. The number of carbonyl (C=O) groups is 2. The quantitative estimate of drug-likeness (QED) is 0.0887. The lowest BCUT2D eigenvalue weighted by Crippen LogP contribution is -2.46. The van der Waals surface area contributed by atoms with E-state index in [4.69, 9.17) is 5.73 Å². The van der Waals surface area contributed by atoms with E-state index in [0.717, 1.165) is 0 Å². The van der Waals surface area contributed by atoms with Crippen LogP contribution in [0.5, 0.6) is 0 Å². The van der Waals surface area contributed by atoms with Gasteiger partial charge in [-0.2, -0.15) is 0 Å². The predicted molar refractivity (Wildman–Crippen MR) is 163 cm³/mol. The SMILES string of the molecule is CCC(Br)(CC)C(=O)NC(N)=O.CCCCCCCCCCCCCCCCCCCCCCCC. The van der Waals surface area contributed by atoms with Gasteiger partial charge in [-0.3, -0.25) is 10.1 Å². The smallest absolute Gasteiger partial charge is 0.318 e. The number of hydrogen-bond acceptors (Lipinski definition) is 2. The zero-order valence-electron chi connectivity index (χ0n) is 24.7. The first-order chi connectivity index (χ1) is 17.4. The highest BCUT2D eigenvalue weighted by Crippen LogP contribution is 2.26. The molecule has 36 heavy (non-hydrogen) atoms. The highest BCUT2D eigenvalue weighted by Gasteiger charge is 2.32. The van der Waals surface area contributed by atoms with Crippen LogP contribution >= 0.6 is 15.9 Å². The third kappa shape index (κ3) is 26.5. The van der Waals surface area contributed by atoms with Gasteiger partial charge in [0.2, 0.25) is 5.91 Å². The van der Waals surface area contributed by atoms with Crippen LogP contribution in [0, 0.1) is 0 Å². The standard InChI is InChI=1S/C24H50.C7H13BrN2O2/c1-3-5-7-9-11-13-15-17-19-21-23-24-22-20-18-16-14-12-10-8-6-4-2;1-3-7(8,4-2)5(11)10-6(9)12/h3-24H2,1-2H3;3-4H2,1-2H3,(H3,9,10,11,12). The molecule has 0 unspecified atom stereocenters. The largest absolute Gasteiger partial charge is 0.351 e. The monoisotopic (exact) mass is 574 g/mol. The van der Waals surface area contributed by atoms with Crippen LogP contribution in [-0.4, -0.2) is 16.3 Å². The lowest BCUT2D eigenvalue weighted by Gasteiger charge is -2.21. The molecule has 0 saturated heterocycles. The molecule has 0 aromatic heterocycles. The summed E-state index contributed by atoms with van der Waals surface area (Å²) in [4.78, 5) is 21.6. The van der Waals surface area contributed by atoms with Crippen molar-refractivity contribution in [3.63, 3.8) is 0 Å². The summed E-state index contributed by atoms with van der Waals surface area (Å²) in [7, 11) is 0. The molecule has 0 atom stereocenters. The molecule has 0 spiro atoms. The number of unbranched alkanes of at least 4 members (excludes halogenated alkanes) is 21. The molecule has 0 aliphatic rings. The summed E-state index contributed by atoms with van der Waals surface area (Å²) in [6.45, 7) is 8.32. The summed E-state index contributed by atoms with van der Waals surface area (Å²) in [6.07, 6.45) is 33.6. The number of amides is 3. The number of primary amides is 1. The summed E-state index contributed by atoms with van der Waals surface area (Å²) in [5.41, 5.74) is 4.81. The molecule has 0 saturated carbocycles. The van der Waals surface area contributed by atoms with Crippen LogP contribution < -0.4 is 11.1 Å². The Balaban J connectivity index is 0. The van der Waals surface area contributed by atoms with Gasteiger partial charge in [0.25, 0.3) is 0 Å². The predicted octanol–water partition coefficient (Wildman–Crippen LogP) is 10.7. The summed E-state index contributed by atoms with van der Waals surface area (Å²) in [5.74, 6) is -0.375. The molecule has 0 aromatic carbocycles. The maximum Gasteiger partial charge on any atom is 0.318 e. The number of alkyl halides is 1. The molecule has 0 aliphatic heterocycles. The fraction of sp³-hybridized carbons (Fsp3) is 0.935. The molecule has 4 nitrogen and oxygen atoms in total. The molecular weight excluding hydrogens is 512 g/mol. The van der Waals surface area contributed by atoms with Crippen LogP contribution in [0.1, 0.15) is 182 Å². The van der Waals surface area contributed by atoms with Crippen molar-refractivity contribution in [1.82, 2.24) is 5.32 Å². The maximum atomic E-state index is 11.3. The second-order valence-electron chi connectivity index (χ2n) is 10.6. The average molecular weight is 576 g/mol. The lowest BCUT2D eigenvalue weighted by molar-refractivity contribution is -0.122. The fourth-order valence-corrected chi connectivity index (χ4v) is 4.58. The van der Waals surface area contributed by atoms with E-state index < -0.39 is 10.4 Å². The Morgan fingerprint density at radius 3 is 0.917 bits per heavy atom. The number of carbonyl (C=O) groups excluding carboxylic acids is 2.